The molecule has 4 heteroatoms. The highest BCUT2D eigenvalue weighted by Gasteiger charge is 2.25. The standard InChI is InChI=1S/C11H19N3S/c1-3-4-10-12-13-11(15)14(10)8(2)7-9-5-6-9/h8-9H,3-7H2,1-2H3,(H,13,15). The van der Waals surface area contributed by atoms with E-state index >= 15 is 0 Å². The Balaban J connectivity index is 2.15. The second kappa shape index (κ2) is 4.47. The molecule has 0 amide bonds. The maximum absolute atomic E-state index is 5.28. The highest BCUT2D eigenvalue weighted by molar-refractivity contribution is 7.71. The molecule has 1 N–H and O–H groups in total. The van der Waals surface area contributed by atoms with Crippen LogP contribution >= 0.6 is 12.2 Å². The molecule has 0 aromatic carbocycles. The first kappa shape index (κ1) is 10.9. The van der Waals surface area contributed by atoms with Crippen LogP contribution in [0.5, 0.6) is 0 Å². The van der Waals surface area contributed by atoms with Crippen LogP contribution in [0.3, 0.4) is 0 Å². The third-order valence-corrected chi connectivity index (χ3v) is 3.35. The lowest BCUT2D eigenvalue weighted by atomic mass is 10.1. The van der Waals surface area contributed by atoms with Gasteiger partial charge in [0.25, 0.3) is 0 Å². The van der Waals surface area contributed by atoms with E-state index in [2.05, 4.69) is 28.6 Å². The van der Waals surface area contributed by atoms with Crippen LogP contribution in [0.15, 0.2) is 0 Å². The number of rotatable bonds is 5. The first-order valence-corrected chi connectivity index (χ1v) is 6.29. The van der Waals surface area contributed by atoms with Gasteiger partial charge in [-0.3, -0.25) is 5.10 Å². The quantitative estimate of drug-likeness (QED) is 0.780. The molecule has 0 saturated heterocycles. The predicted molar refractivity (Wildman–Crippen MR) is 63.5 cm³/mol. The molecular weight excluding hydrogens is 206 g/mol. The van der Waals surface area contributed by atoms with Gasteiger partial charge in [0.2, 0.25) is 0 Å². The summed E-state index contributed by atoms with van der Waals surface area (Å²) in [4.78, 5) is 0. The molecule has 2 rings (SSSR count). The first-order chi connectivity index (χ1) is 7.22. The number of aryl methyl sites for hydroxylation is 1. The Bertz CT molecular complexity index is 375. The van der Waals surface area contributed by atoms with Crippen molar-refractivity contribution in [2.75, 3.05) is 0 Å². The van der Waals surface area contributed by atoms with Crippen molar-refractivity contribution in [1.29, 1.82) is 0 Å². The fraction of sp³-hybridized carbons (Fsp3) is 0.818. The van der Waals surface area contributed by atoms with Crippen molar-refractivity contribution in [1.82, 2.24) is 14.8 Å². The van der Waals surface area contributed by atoms with Gasteiger partial charge in [0, 0.05) is 12.5 Å². The van der Waals surface area contributed by atoms with E-state index in [-0.39, 0.29) is 0 Å². The molecule has 84 valence electrons. The second-order valence-electron chi connectivity index (χ2n) is 4.59. The third kappa shape index (κ3) is 2.48. The molecule has 1 unspecified atom stereocenters. The normalized spacial score (nSPS) is 18.0. The van der Waals surface area contributed by atoms with Crippen molar-refractivity contribution in [2.24, 2.45) is 5.92 Å². The summed E-state index contributed by atoms with van der Waals surface area (Å²) in [7, 11) is 0. The van der Waals surface area contributed by atoms with Gasteiger partial charge >= 0.3 is 0 Å². The molecule has 1 heterocycles. The number of hydrogen-bond acceptors (Lipinski definition) is 2. The highest BCUT2D eigenvalue weighted by Crippen LogP contribution is 2.36. The summed E-state index contributed by atoms with van der Waals surface area (Å²) in [6.45, 7) is 4.43. The molecule has 0 aliphatic heterocycles. The van der Waals surface area contributed by atoms with E-state index in [0.717, 1.165) is 29.4 Å². The van der Waals surface area contributed by atoms with Gasteiger partial charge in [-0.2, -0.15) is 5.10 Å². The van der Waals surface area contributed by atoms with E-state index in [4.69, 9.17) is 12.2 Å². The summed E-state index contributed by atoms with van der Waals surface area (Å²) in [5, 5.41) is 7.21. The average Bonchev–Trinajstić information content (AvgIpc) is 2.91. The summed E-state index contributed by atoms with van der Waals surface area (Å²) in [6, 6.07) is 0.505. The molecule has 1 saturated carbocycles. The van der Waals surface area contributed by atoms with Gasteiger partial charge in [-0.1, -0.05) is 19.8 Å². The Morgan fingerprint density at radius 3 is 2.93 bits per heavy atom. The lowest BCUT2D eigenvalue weighted by Crippen LogP contribution is -2.10. The van der Waals surface area contributed by atoms with Crippen molar-refractivity contribution >= 4 is 12.2 Å². The number of hydrogen-bond donors (Lipinski definition) is 1. The summed E-state index contributed by atoms with van der Waals surface area (Å²) in [6.07, 6.45) is 6.19. The van der Waals surface area contributed by atoms with Gasteiger partial charge in [-0.15, -0.1) is 0 Å². The third-order valence-electron chi connectivity index (χ3n) is 3.06. The molecule has 3 nitrogen and oxygen atoms in total. The van der Waals surface area contributed by atoms with E-state index in [0.29, 0.717) is 6.04 Å². The zero-order valence-electron chi connectivity index (χ0n) is 9.49. The lowest BCUT2D eigenvalue weighted by molar-refractivity contribution is 0.456. The predicted octanol–water partition coefficient (Wildman–Crippen LogP) is 3.25. The summed E-state index contributed by atoms with van der Waals surface area (Å²) < 4.78 is 2.99. The van der Waals surface area contributed by atoms with Crippen LogP contribution in [0.4, 0.5) is 0 Å². The topological polar surface area (TPSA) is 33.6 Å². The number of nitrogens with zero attached hydrogens (tertiary/aromatic N) is 2. The Morgan fingerprint density at radius 1 is 1.60 bits per heavy atom. The maximum Gasteiger partial charge on any atom is 0.195 e. The number of H-pyrrole nitrogens is 1. The minimum atomic E-state index is 0.505. The molecule has 0 bridgehead atoms. The summed E-state index contributed by atoms with van der Waals surface area (Å²) in [5.41, 5.74) is 0. The van der Waals surface area contributed by atoms with Gasteiger partial charge in [0.15, 0.2) is 4.77 Å². The van der Waals surface area contributed by atoms with Crippen LogP contribution in [0.25, 0.3) is 0 Å². The largest absolute Gasteiger partial charge is 0.301 e. The van der Waals surface area contributed by atoms with Crippen LogP contribution in [0, 0.1) is 10.7 Å². The van der Waals surface area contributed by atoms with Crippen LogP contribution in [0.2, 0.25) is 0 Å². The Kier molecular flexibility index (Phi) is 3.24. The van der Waals surface area contributed by atoms with Crippen molar-refractivity contribution < 1.29 is 0 Å². The Labute approximate surface area is 95.9 Å². The molecule has 1 atom stereocenters. The fourth-order valence-corrected chi connectivity index (χ4v) is 2.46. The van der Waals surface area contributed by atoms with Crippen molar-refractivity contribution in [3.8, 4) is 0 Å². The number of aromatic nitrogens is 3. The second-order valence-corrected chi connectivity index (χ2v) is 4.98. The molecule has 1 aromatic heterocycles. The molecule has 15 heavy (non-hydrogen) atoms. The number of aromatic amines is 1. The molecule has 1 fully saturated rings. The minimum Gasteiger partial charge on any atom is -0.301 e. The molecule has 1 aliphatic carbocycles. The van der Waals surface area contributed by atoms with E-state index in [1.54, 1.807) is 0 Å². The van der Waals surface area contributed by atoms with Gasteiger partial charge in [0.1, 0.15) is 5.82 Å². The zero-order chi connectivity index (χ0) is 10.8. The summed E-state index contributed by atoms with van der Waals surface area (Å²) in [5.74, 6) is 2.06. The maximum atomic E-state index is 5.28. The van der Waals surface area contributed by atoms with Crippen LogP contribution in [-0.2, 0) is 6.42 Å². The molecular formula is C11H19N3S. The van der Waals surface area contributed by atoms with E-state index in [1.807, 2.05) is 0 Å². The smallest absolute Gasteiger partial charge is 0.195 e. The van der Waals surface area contributed by atoms with Crippen molar-refractivity contribution in [3.63, 3.8) is 0 Å². The van der Waals surface area contributed by atoms with E-state index < -0.39 is 0 Å². The van der Waals surface area contributed by atoms with Crippen LogP contribution < -0.4 is 0 Å². The van der Waals surface area contributed by atoms with Gasteiger partial charge in [-0.25, -0.2) is 0 Å². The molecule has 1 aromatic rings. The van der Waals surface area contributed by atoms with Gasteiger partial charge in [-0.05, 0) is 37.9 Å². The van der Waals surface area contributed by atoms with E-state index in [9.17, 15) is 0 Å². The molecule has 0 spiro atoms. The first-order valence-electron chi connectivity index (χ1n) is 5.88. The molecule has 1 aliphatic rings. The van der Waals surface area contributed by atoms with Gasteiger partial charge < -0.3 is 4.57 Å². The van der Waals surface area contributed by atoms with E-state index in [1.165, 1.54) is 19.3 Å². The molecule has 0 radical (unpaired) electrons. The van der Waals surface area contributed by atoms with Crippen molar-refractivity contribution in [3.05, 3.63) is 10.6 Å². The van der Waals surface area contributed by atoms with Crippen molar-refractivity contribution in [2.45, 2.75) is 52.0 Å². The number of nitrogens with one attached hydrogen (secondary N) is 1. The lowest BCUT2D eigenvalue weighted by Gasteiger charge is -2.14. The fourth-order valence-electron chi connectivity index (χ4n) is 2.13. The minimum absolute atomic E-state index is 0.505. The SMILES string of the molecule is CCCc1n[nH]c(=S)n1C(C)CC1CC1. The van der Waals surface area contributed by atoms with Crippen LogP contribution in [-0.4, -0.2) is 14.8 Å². The Morgan fingerprint density at radius 2 is 2.33 bits per heavy atom. The van der Waals surface area contributed by atoms with Crippen LogP contribution in [0.1, 0.15) is 51.4 Å². The highest BCUT2D eigenvalue weighted by atomic mass is 32.1. The zero-order valence-corrected chi connectivity index (χ0v) is 10.3. The monoisotopic (exact) mass is 225 g/mol. The van der Waals surface area contributed by atoms with Gasteiger partial charge in [0.05, 0.1) is 0 Å². The average molecular weight is 225 g/mol. The summed E-state index contributed by atoms with van der Waals surface area (Å²) >= 11 is 5.28. The Hall–Kier alpha value is -0.640.